The number of fused-ring (bicyclic) bond motifs is 4. The molecule has 0 bridgehead atoms. The lowest BCUT2D eigenvalue weighted by Gasteiger charge is -2.51. The Hall–Kier alpha value is -2.50. The molecule has 11 nitrogen and oxygen atoms in total. The van der Waals surface area contributed by atoms with Crippen molar-refractivity contribution in [1.29, 1.82) is 0 Å². The fraction of sp³-hybridized carbons (Fsp3) is 0.588. The van der Waals surface area contributed by atoms with E-state index in [2.05, 4.69) is 20.6 Å². The third-order valence-electron chi connectivity index (χ3n) is 7.43. The van der Waals surface area contributed by atoms with Crippen LogP contribution in [0.1, 0.15) is 16.7 Å². The van der Waals surface area contributed by atoms with Gasteiger partial charge in [0, 0.05) is 18.7 Å². The van der Waals surface area contributed by atoms with Crippen LogP contribution in [0.4, 0.5) is 0 Å². The van der Waals surface area contributed by atoms with Crippen LogP contribution in [0, 0.1) is 17.8 Å². The number of guanidine groups is 2. The number of aliphatic imine (C=N–C) groups is 2. The number of rotatable bonds is 1. The van der Waals surface area contributed by atoms with E-state index in [0.29, 0.717) is 18.8 Å². The monoisotopic (exact) mass is 419 g/mol. The Bertz CT molecular complexity index is 993. The summed E-state index contributed by atoms with van der Waals surface area (Å²) < 4.78 is 1.83. The summed E-state index contributed by atoms with van der Waals surface area (Å²) in [4.78, 5) is 24.0. The maximum absolute atomic E-state index is 13.4. The number of hydrogen-bond acceptors (Lipinski definition) is 9. The maximum atomic E-state index is 13.4. The molecule has 1 aliphatic carbocycles. The summed E-state index contributed by atoms with van der Waals surface area (Å²) in [5, 5.41) is 16.9. The van der Waals surface area contributed by atoms with E-state index >= 15 is 0 Å². The molecule has 0 aromatic carbocycles. The Balaban J connectivity index is 1.60. The van der Waals surface area contributed by atoms with E-state index in [-0.39, 0.29) is 35.6 Å². The van der Waals surface area contributed by atoms with E-state index < -0.39 is 29.0 Å². The van der Waals surface area contributed by atoms with Crippen LogP contribution in [-0.4, -0.2) is 68.3 Å². The summed E-state index contributed by atoms with van der Waals surface area (Å²) in [5.74, 6) is -0.441. The molecule has 9 N–H and O–H groups in total. The molecular formula is C17H22ClN9O2. The molecule has 29 heavy (non-hydrogen) atoms. The number of amides is 1. The number of carbonyl (C=O) groups is 1. The van der Waals surface area contributed by atoms with E-state index in [9.17, 15) is 9.90 Å². The molecule has 1 aromatic heterocycles. The van der Waals surface area contributed by atoms with Crippen molar-refractivity contribution < 1.29 is 9.90 Å². The molecule has 1 saturated heterocycles. The zero-order chi connectivity index (χ0) is 20.3. The first-order valence-corrected chi connectivity index (χ1v) is 10.0. The number of hydrogen-bond donors (Lipinski definition) is 6. The molecule has 0 radical (unpaired) electrons. The van der Waals surface area contributed by atoms with Crippen LogP contribution in [0.3, 0.4) is 0 Å². The lowest BCUT2D eigenvalue weighted by molar-refractivity contribution is -0.0269. The van der Waals surface area contributed by atoms with Crippen molar-refractivity contribution in [2.75, 3.05) is 13.1 Å². The summed E-state index contributed by atoms with van der Waals surface area (Å²) in [6.07, 6.45) is 0.125. The van der Waals surface area contributed by atoms with Crippen molar-refractivity contribution in [2.45, 2.75) is 29.0 Å². The van der Waals surface area contributed by atoms with Gasteiger partial charge in [-0.2, -0.15) is 0 Å². The standard InChI is InChI=1S/C17H22ClN9O2/c18-10-6(4-19)7-5-27-11(28)8-2-1-3-26(8)12-17(27,25-14(20)22-12)9(7)16(10)13(29)23-15(21)24-16/h1-3,6-7,9-10,12-13,29H,4-5,19H2,(H3,20,22,25)(H3,21,23,24)/t6-,7-,9+,10+,12+,13+,16+,17-/m1/s1. The first kappa shape index (κ1) is 17.4. The number of aliphatic hydroxyl groups excluding tert-OH is 1. The third-order valence-corrected chi connectivity index (χ3v) is 8.12. The van der Waals surface area contributed by atoms with E-state index in [1.54, 1.807) is 11.0 Å². The lowest BCUT2D eigenvalue weighted by atomic mass is 9.73. The van der Waals surface area contributed by atoms with Gasteiger partial charge in [-0.15, -0.1) is 11.6 Å². The fourth-order valence-corrected chi connectivity index (χ4v) is 7.13. The highest BCUT2D eigenvalue weighted by molar-refractivity contribution is 6.22. The van der Waals surface area contributed by atoms with Crippen molar-refractivity contribution in [3.8, 4) is 0 Å². The van der Waals surface area contributed by atoms with Crippen molar-refractivity contribution in [1.82, 2.24) is 20.1 Å². The number of nitrogens with one attached hydrogen (secondary N) is 2. The highest BCUT2D eigenvalue weighted by atomic mass is 35.5. The van der Waals surface area contributed by atoms with Gasteiger partial charge in [0.2, 0.25) is 0 Å². The van der Waals surface area contributed by atoms with E-state index in [1.807, 2.05) is 16.8 Å². The number of carbonyl (C=O) groups excluding carboxylic acids is 1. The third kappa shape index (κ3) is 1.68. The van der Waals surface area contributed by atoms with Gasteiger partial charge in [-0.3, -0.25) is 4.79 Å². The first-order chi connectivity index (χ1) is 13.9. The Labute approximate surface area is 170 Å². The molecule has 0 unspecified atom stereocenters. The number of nitrogens with zero attached hydrogens (tertiary/aromatic N) is 4. The largest absolute Gasteiger partial charge is 0.370 e. The van der Waals surface area contributed by atoms with Crippen molar-refractivity contribution in [2.24, 2.45) is 44.9 Å². The van der Waals surface area contributed by atoms with Gasteiger partial charge in [-0.05, 0) is 30.5 Å². The average Bonchev–Trinajstić information content (AvgIpc) is 3.42. The molecule has 12 heteroatoms. The predicted molar refractivity (Wildman–Crippen MR) is 105 cm³/mol. The first-order valence-electron chi connectivity index (χ1n) is 9.60. The Morgan fingerprint density at radius 1 is 1.31 bits per heavy atom. The summed E-state index contributed by atoms with van der Waals surface area (Å²) in [7, 11) is 0. The second kappa shape index (κ2) is 5.15. The van der Waals surface area contributed by atoms with Gasteiger partial charge in [-0.25, -0.2) is 9.98 Å². The Kier molecular flexibility index (Phi) is 3.09. The predicted octanol–water partition coefficient (Wildman–Crippen LogP) is -2.53. The summed E-state index contributed by atoms with van der Waals surface area (Å²) in [6.45, 7) is 0.721. The van der Waals surface area contributed by atoms with Crippen LogP contribution in [0.15, 0.2) is 28.3 Å². The van der Waals surface area contributed by atoms with Crippen molar-refractivity contribution >= 4 is 29.4 Å². The molecule has 8 atom stereocenters. The summed E-state index contributed by atoms with van der Waals surface area (Å²) >= 11 is 6.94. The van der Waals surface area contributed by atoms with Gasteiger partial charge in [0.15, 0.2) is 30.0 Å². The maximum Gasteiger partial charge on any atom is 0.272 e. The smallest absolute Gasteiger partial charge is 0.272 e. The van der Waals surface area contributed by atoms with Gasteiger partial charge in [0.25, 0.3) is 5.91 Å². The molecule has 6 rings (SSSR count). The van der Waals surface area contributed by atoms with E-state index in [1.165, 1.54) is 0 Å². The molecule has 1 amide bonds. The Morgan fingerprint density at radius 3 is 2.76 bits per heavy atom. The SMILES string of the molecule is NC[C@@H]1[C@H]2CN3C(=O)c4cccn4[C@@H]4N=C(N)N[C@@]43[C@@H]2[C@]2(NC(N)=N[C@H]2O)[C@H]1Cl. The molecule has 1 aromatic rings. The molecule has 4 aliphatic heterocycles. The molecule has 5 heterocycles. The van der Waals surface area contributed by atoms with Crippen LogP contribution in [0.5, 0.6) is 0 Å². The van der Waals surface area contributed by atoms with Gasteiger partial charge in [0.1, 0.15) is 11.2 Å². The lowest BCUT2D eigenvalue weighted by Crippen LogP contribution is -2.74. The zero-order valence-corrected chi connectivity index (χ0v) is 16.1. The molecule has 2 spiro atoms. The van der Waals surface area contributed by atoms with Crippen molar-refractivity contribution in [3.63, 3.8) is 0 Å². The minimum Gasteiger partial charge on any atom is -0.370 e. The summed E-state index contributed by atoms with van der Waals surface area (Å²) in [6, 6.07) is 3.58. The van der Waals surface area contributed by atoms with Crippen LogP contribution in [-0.2, 0) is 0 Å². The molecule has 2 fully saturated rings. The minimum atomic E-state index is -1.19. The molecule has 5 aliphatic rings. The normalized spacial score (nSPS) is 46.6. The number of aromatic nitrogens is 1. The Morgan fingerprint density at radius 2 is 2.07 bits per heavy atom. The van der Waals surface area contributed by atoms with E-state index in [4.69, 9.17) is 28.8 Å². The second-order valence-corrected chi connectivity index (χ2v) is 8.91. The quantitative estimate of drug-likeness (QED) is 0.272. The van der Waals surface area contributed by atoms with Crippen LogP contribution in [0.2, 0.25) is 0 Å². The van der Waals surface area contributed by atoms with Gasteiger partial charge in [-0.1, -0.05) is 0 Å². The van der Waals surface area contributed by atoms with E-state index in [0.717, 1.165) is 0 Å². The number of nitrogens with two attached hydrogens (primary N) is 3. The number of alkyl halides is 1. The van der Waals surface area contributed by atoms with Crippen LogP contribution >= 0.6 is 11.6 Å². The molecule has 154 valence electrons. The number of halogens is 1. The fourth-order valence-electron chi connectivity index (χ4n) is 6.54. The summed E-state index contributed by atoms with van der Waals surface area (Å²) in [5.41, 5.74) is 16.6. The van der Waals surface area contributed by atoms with Crippen molar-refractivity contribution in [3.05, 3.63) is 24.0 Å². The highest BCUT2D eigenvalue weighted by Crippen LogP contribution is 2.63. The second-order valence-electron chi connectivity index (χ2n) is 8.44. The zero-order valence-electron chi connectivity index (χ0n) is 15.4. The molecule has 1 saturated carbocycles. The molecular weight excluding hydrogens is 398 g/mol. The highest BCUT2D eigenvalue weighted by Gasteiger charge is 2.79. The van der Waals surface area contributed by atoms with Crippen LogP contribution in [0.25, 0.3) is 0 Å². The minimum absolute atomic E-state index is 0.101. The number of aliphatic hydroxyl groups is 1. The average molecular weight is 420 g/mol. The van der Waals surface area contributed by atoms with Gasteiger partial charge < -0.3 is 42.4 Å². The van der Waals surface area contributed by atoms with Gasteiger partial charge in [0.05, 0.1) is 5.38 Å². The van der Waals surface area contributed by atoms with Gasteiger partial charge >= 0.3 is 0 Å². The van der Waals surface area contributed by atoms with Crippen LogP contribution < -0.4 is 27.8 Å². The topological polar surface area (TPSA) is 172 Å².